The molecule has 0 amide bonds. The lowest BCUT2D eigenvalue weighted by Gasteiger charge is -2.33. The van der Waals surface area contributed by atoms with Crippen molar-refractivity contribution in [2.45, 2.75) is 37.0 Å². The monoisotopic (exact) mass is 516 g/mol. The minimum Gasteiger partial charge on any atom is -0.504 e. The van der Waals surface area contributed by atoms with Crippen molar-refractivity contribution in [2.24, 2.45) is 5.92 Å². The molecule has 2 fully saturated rings. The number of nitrogens with zero attached hydrogens (tertiary/aromatic N) is 2. The first-order valence-corrected chi connectivity index (χ1v) is 14.1. The number of halogens is 1. The molecule has 5 nitrogen and oxygen atoms in total. The molecule has 0 radical (unpaired) electrons. The highest BCUT2D eigenvalue weighted by molar-refractivity contribution is 7.82. The summed E-state index contributed by atoms with van der Waals surface area (Å²) in [4.78, 5) is 2.74. The van der Waals surface area contributed by atoms with Crippen LogP contribution in [0.4, 0.5) is 4.39 Å². The van der Waals surface area contributed by atoms with E-state index in [4.69, 9.17) is 0 Å². The number of likely N-dealkylation sites (tertiary alicyclic amines) is 1. The van der Waals surface area contributed by atoms with Gasteiger partial charge < -0.3 is 15.1 Å². The number of phenols is 2. The van der Waals surface area contributed by atoms with E-state index in [0.29, 0.717) is 11.8 Å². The van der Waals surface area contributed by atoms with E-state index in [9.17, 15) is 18.8 Å². The summed E-state index contributed by atoms with van der Waals surface area (Å²) < 4.78 is 27.8. The minimum absolute atomic E-state index is 0.187. The van der Waals surface area contributed by atoms with Gasteiger partial charge in [0.2, 0.25) is 0 Å². The van der Waals surface area contributed by atoms with Gasteiger partial charge in [0, 0.05) is 19.6 Å². The fraction of sp³-hybridized carbons (Fsp3) is 0.407. The van der Waals surface area contributed by atoms with E-state index in [0.717, 1.165) is 52.0 Å². The Hall–Kier alpha value is -2.26. The molecule has 188 valence electrons. The molecule has 2 N–H and O–H groups in total. The highest BCUT2D eigenvalue weighted by Gasteiger charge is 2.31. The molecule has 0 saturated carbocycles. The fourth-order valence-electron chi connectivity index (χ4n) is 4.77. The smallest absolute Gasteiger partial charge is 0.175 e. The van der Waals surface area contributed by atoms with Crippen LogP contribution < -0.4 is 0 Å². The van der Waals surface area contributed by atoms with Crippen LogP contribution in [-0.2, 0) is 11.0 Å². The number of aryl methyl sites for hydroxylation is 1. The van der Waals surface area contributed by atoms with Gasteiger partial charge in [-0.3, -0.25) is 0 Å². The molecule has 1 aromatic heterocycles. The Morgan fingerprint density at radius 2 is 1.77 bits per heavy atom. The molecular weight excluding hydrogens is 483 g/mol. The Kier molecular flexibility index (Phi) is 8.94. The number of hydrogen-bond donors (Lipinski definition) is 2. The first-order valence-electron chi connectivity index (χ1n) is 12.0. The molecule has 2 unspecified atom stereocenters. The quantitative estimate of drug-likeness (QED) is 0.439. The van der Waals surface area contributed by atoms with Crippen molar-refractivity contribution < 1.29 is 18.8 Å². The molecule has 5 rings (SSSR count). The minimum atomic E-state index is -1.47. The van der Waals surface area contributed by atoms with Gasteiger partial charge in [-0.15, -0.1) is 0 Å². The summed E-state index contributed by atoms with van der Waals surface area (Å²) in [5, 5.41) is 23.8. The van der Waals surface area contributed by atoms with E-state index >= 15 is 0 Å². The summed E-state index contributed by atoms with van der Waals surface area (Å²) in [5.41, 5.74) is 2.58. The maximum absolute atomic E-state index is 13.1. The van der Waals surface area contributed by atoms with Gasteiger partial charge in [-0.2, -0.15) is 11.3 Å². The highest BCUT2D eigenvalue weighted by Crippen LogP contribution is 2.34. The zero-order valence-electron chi connectivity index (χ0n) is 20.0. The zero-order valence-corrected chi connectivity index (χ0v) is 21.6. The number of hydrogen-bond acceptors (Lipinski definition) is 5. The van der Waals surface area contributed by atoms with E-state index < -0.39 is 11.0 Å². The molecule has 0 bridgehead atoms. The van der Waals surface area contributed by atoms with Crippen molar-refractivity contribution in [1.82, 2.24) is 9.21 Å². The van der Waals surface area contributed by atoms with Crippen molar-refractivity contribution >= 4 is 22.3 Å². The molecule has 3 aromatic rings. The first kappa shape index (κ1) is 25.8. The number of aromatic hydroxyl groups is 2. The molecule has 0 spiro atoms. The molecule has 8 heteroatoms. The van der Waals surface area contributed by atoms with Crippen LogP contribution in [0.25, 0.3) is 0 Å². The van der Waals surface area contributed by atoms with Crippen LogP contribution in [0.5, 0.6) is 11.5 Å². The molecule has 3 heterocycles. The Morgan fingerprint density at radius 1 is 1.03 bits per heavy atom. The largest absolute Gasteiger partial charge is 0.504 e. The van der Waals surface area contributed by atoms with Gasteiger partial charge in [-0.1, -0.05) is 18.2 Å². The lowest BCUT2D eigenvalue weighted by atomic mass is 9.89. The second-order valence-electron chi connectivity index (χ2n) is 9.34. The van der Waals surface area contributed by atoms with Gasteiger partial charge in [0.25, 0.3) is 0 Å². The molecular formula is C27H33FN2O3S2. The average Bonchev–Trinajstić information content (AvgIpc) is 3.54. The topological polar surface area (TPSA) is 64.0 Å². The molecule has 2 saturated heterocycles. The summed E-state index contributed by atoms with van der Waals surface area (Å²) in [6.07, 6.45) is 3.12. The van der Waals surface area contributed by atoms with Crippen LogP contribution in [0, 0.1) is 18.7 Å². The van der Waals surface area contributed by atoms with Gasteiger partial charge in [-0.25, -0.2) is 12.9 Å². The summed E-state index contributed by atoms with van der Waals surface area (Å²) in [7, 11) is -1.47. The van der Waals surface area contributed by atoms with Crippen molar-refractivity contribution in [2.75, 3.05) is 32.7 Å². The van der Waals surface area contributed by atoms with Crippen molar-refractivity contribution in [3.8, 4) is 11.5 Å². The number of thiophene rings is 1. The molecule has 2 aliphatic heterocycles. The lowest BCUT2D eigenvalue weighted by Crippen LogP contribution is -2.37. The Balaban J connectivity index is 0.000000421. The molecule has 2 atom stereocenters. The second kappa shape index (κ2) is 12.1. The van der Waals surface area contributed by atoms with Crippen LogP contribution in [0.1, 0.15) is 36.3 Å². The molecule has 0 aliphatic carbocycles. The van der Waals surface area contributed by atoms with Crippen molar-refractivity contribution in [3.63, 3.8) is 0 Å². The van der Waals surface area contributed by atoms with Crippen LogP contribution in [0.2, 0.25) is 0 Å². The third kappa shape index (κ3) is 6.91. The van der Waals surface area contributed by atoms with Gasteiger partial charge >= 0.3 is 0 Å². The van der Waals surface area contributed by atoms with E-state index in [-0.39, 0.29) is 22.2 Å². The van der Waals surface area contributed by atoms with E-state index in [2.05, 4.69) is 28.7 Å². The summed E-state index contributed by atoms with van der Waals surface area (Å²) in [6, 6.07) is 13.6. The average molecular weight is 517 g/mol. The van der Waals surface area contributed by atoms with Crippen molar-refractivity contribution in [3.05, 3.63) is 76.2 Å². The highest BCUT2D eigenvalue weighted by atomic mass is 32.2. The zero-order chi connectivity index (χ0) is 24.8. The maximum atomic E-state index is 13.1. The summed E-state index contributed by atoms with van der Waals surface area (Å²) in [5.74, 6) is 0.218. The number of phenolic OH excluding ortho intramolecular Hbond substituents is 2. The predicted molar refractivity (Wildman–Crippen MR) is 140 cm³/mol. The normalized spacial score (nSPS) is 20.3. The van der Waals surface area contributed by atoms with Crippen LogP contribution >= 0.6 is 11.3 Å². The lowest BCUT2D eigenvalue weighted by molar-refractivity contribution is 0.185. The third-order valence-electron chi connectivity index (χ3n) is 6.76. The third-order valence-corrected chi connectivity index (χ3v) is 9.07. The molecule has 35 heavy (non-hydrogen) atoms. The van der Waals surface area contributed by atoms with Crippen LogP contribution in [-0.4, -0.2) is 56.4 Å². The Labute approximate surface area is 213 Å². The van der Waals surface area contributed by atoms with Crippen LogP contribution in [0.3, 0.4) is 0 Å². The number of rotatable bonds is 5. The van der Waals surface area contributed by atoms with Gasteiger partial charge in [0.1, 0.15) is 21.7 Å². The van der Waals surface area contributed by atoms with E-state index in [1.165, 1.54) is 17.2 Å². The van der Waals surface area contributed by atoms with E-state index in [1.807, 2.05) is 16.4 Å². The number of para-hydroxylation sites is 1. The number of benzene rings is 2. The predicted octanol–water partition coefficient (Wildman–Crippen LogP) is 5.52. The van der Waals surface area contributed by atoms with Crippen LogP contribution in [0.15, 0.2) is 64.2 Å². The SMILES string of the molecule is Cc1ccsc1.O=S(c1cccc(O)c1O)N1CCC(CN2CCC(c3ccc(F)cc3)CC2)C1. The second-order valence-corrected chi connectivity index (χ2v) is 11.6. The maximum Gasteiger partial charge on any atom is 0.175 e. The molecule has 2 aromatic carbocycles. The fourth-order valence-corrected chi connectivity index (χ4v) is 6.79. The molecule has 2 aliphatic rings. The van der Waals surface area contributed by atoms with Gasteiger partial charge in [0.05, 0.1) is 0 Å². The van der Waals surface area contributed by atoms with E-state index in [1.54, 1.807) is 35.6 Å². The van der Waals surface area contributed by atoms with Gasteiger partial charge in [0.15, 0.2) is 11.5 Å². The van der Waals surface area contributed by atoms with Crippen molar-refractivity contribution in [1.29, 1.82) is 0 Å². The Bertz CT molecular complexity index is 1100. The standard InChI is InChI=1S/C22H27FN2O3S.C5H6S/c23-19-6-4-17(5-7-19)18-9-11-24(12-10-18)14-16-8-13-25(15-16)29(28)21-3-1-2-20(26)22(21)27;1-5-2-3-6-4-5/h1-7,16,18,26-27H,8-15H2;2-4H,1H3. The van der Waals surface area contributed by atoms with Gasteiger partial charge in [-0.05, 0) is 103 Å². The first-order chi connectivity index (χ1) is 16.9. The number of piperidine rings is 1. The Morgan fingerprint density at radius 3 is 2.40 bits per heavy atom. The summed E-state index contributed by atoms with van der Waals surface area (Å²) >= 11 is 1.74. The summed E-state index contributed by atoms with van der Waals surface area (Å²) in [6.45, 7) is 6.56.